The first kappa shape index (κ1) is 9.50. The van der Waals surface area contributed by atoms with Crippen LogP contribution in [-0.2, 0) is 0 Å². The van der Waals surface area contributed by atoms with E-state index < -0.39 is 0 Å². The number of hydrogen-bond donors (Lipinski definition) is 0. The highest BCUT2D eigenvalue weighted by Gasteiger charge is 1.84. The monoisotopic (exact) mass is 158 g/mol. The molecule has 0 aromatic heterocycles. The molecule has 10 heavy (non-hydrogen) atoms. The van der Waals surface area contributed by atoms with Crippen LogP contribution in [0.2, 0.25) is 0 Å². The third kappa shape index (κ3) is 3.51. The van der Waals surface area contributed by atoms with Crippen molar-refractivity contribution in [2.24, 2.45) is 0 Å². The van der Waals surface area contributed by atoms with Gasteiger partial charge in [0.15, 0.2) is 0 Å². The van der Waals surface area contributed by atoms with Gasteiger partial charge in [-0.25, -0.2) is 0 Å². The van der Waals surface area contributed by atoms with Gasteiger partial charge in [-0.3, -0.25) is 0 Å². The van der Waals surface area contributed by atoms with Gasteiger partial charge in [0.25, 0.3) is 0 Å². The molecule has 0 fully saturated rings. The first-order valence-electron chi connectivity index (χ1n) is 3.27. The van der Waals surface area contributed by atoms with Crippen molar-refractivity contribution in [3.8, 4) is 0 Å². The van der Waals surface area contributed by atoms with Gasteiger partial charge < -0.3 is 0 Å². The average molecular weight is 158 g/mol. The molecule has 0 heterocycles. The third-order valence-corrected chi connectivity index (χ3v) is 1.28. The largest absolute Gasteiger partial charge is 0.160 e. The number of benzene rings is 1. The van der Waals surface area contributed by atoms with Gasteiger partial charge in [0.05, 0.1) is 12.1 Å². The van der Waals surface area contributed by atoms with Crippen molar-refractivity contribution in [1.82, 2.24) is 0 Å². The zero-order valence-electron chi connectivity index (χ0n) is 6.17. The lowest BCUT2D eigenvalue weighted by Crippen LogP contribution is -1.60. The molecule has 1 aromatic rings. The SMILES string of the molecule is CC.FSc1ccccc1. The Hall–Kier alpha value is -0.500. The van der Waals surface area contributed by atoms with E-state index in [1.807, 2.05) is 32.0 Å². The molecule has 0 aliphatic rings. The summed E-state index contributed by atoms with van der Waals surface area (Å²) in [6.45, 7) is 4.00. The quantitative estimate of drug-likeness (QED) is 0.600. The minimum Gasteiger partial charge on any atom is -0.160 e. The molecule has 0 N–H and O–H groups in total. The van der Waals surface area contributed by atoms with Crippen molar-refractivity contribution in [2.45, 2.75) is 18.7 Å². The van der Waals surface area contributed by atoms with Gasteiger partial charge in [0, 0.05) is 4.90 Å². The fourth-order valence-corrected chi connectivity index (χ4v) is 0.732. The molecule has 0 radical (unpaired) electrons. The van der Waals surface area contributed by atoms with Crippen LogP contribution in [0.5, 0.6) is 0 Å². The Morgan fingerprint density at radius 1 is 1.10 bits per heavy atom. The Labute approximate surface area is 65.8 Å². The van der Waals surface area contributed by atoms with Crippen LogP contribution in [0.15, 0.2) is 35.2 Å². The van der Waals surface area contributed by atoms with E-state index in [1.54, 1.807) is 12.1 Å². The molecule has 0 aliphatic heterocycles. The van der Waals surface area contributed by atoms with Crippen molar-refractivity contribution in [2.75, 3.05) is 0 Å². The predicted octanol–water partition coefficient (Wildman–Crippen LogP) is 3.69. The molecule has 1 rings (SSSR count). The number of halogens is 1. The predicted molar refractivity (Wildman–Crippen MR) is 44.8 cm³/mol. The van der Waals surface area contributed by atoms with Crippen LogP contribution in [0.1, 0.15) is 13.8 Å². The van der Waals surface area contributed by atoms with Crippen LogP contribution in [0.25, 0.3) is 0 Å². The van der Waals surface area contributed by atoms with Crippen molar-refractivity contribution in [3.63, 3.8) is 0 Å². The minimum absolute atomic E-state index is 0.269. The zero-order valence-corrected chi connectivity index (χ0v) is 6.99. The van der Waals surface area contributed by atoms with Gasteiger partial charge in [-0.15, -0.1) is 0 Å². The van der Waals surface area contributed by atoms with E-state index in [-0.39, 0.29) is 12.1 Å². The first-order valence-corrected chi connectivity index (χ1v) is 3.99. The molecule has 0 bridgehead atoms. The zero-order chi connectivity index (χ0) is 7.82. The smallest absolute Gasteiger partial charge is 0.0812 e. The summed E-state index contributed by atoms with van der Waals surface area (Å²) < 4.78 is 11.6. The molecule has 0 atom stereocenters. The molecule has 2 heteroatoms. The second-order valence-electron chi connectivity index (χ2n) is 1.39. The fraction of sp³-hybridized carbons (Fsp3) is 0.250. The van der Waals surface area contributed by atoms with E-state index in [0.717, 1.165) is 0 Å². The van der Waals surface area contributed by atoms with E-state index in [1.165, 1.54) is 0 Å². The Morgan fingerprint density at radius 2 is 1.60 bits per heavy atom. The van der Waals surface area contributed by atoms with E-state index in [2.05, 4.69) is 0 Å². The Bertz CT molecular complexity index is 151. The lowest BCUT2D eigenvalue weighted by atomic mass is 10.4. The summed E-state index contributed by atoms with van der Waals surface area (Å²) in [7, 11) is 0. The topological polar surface area (TPSA) is 0 Å². The lowest BCUT2D eigenvalue weighted by Gasteiger charge is -1.85. The molecule has 0 amide bonds. The van der Waals surface area contributed by atoms with Crippen LogP contribution in [-0.4, -0.2) is 0 Å². The summed E-state index contributed by atoms with van der Waals surface area (Å²) in [5.41, 5.74) is 0. The van der Waals surface area contributed by atoms with Crippen molar-refractivity contribution in [3.05, 3.63) is 30.3 Å². The van der Waals surface area contributed by atoms with E-state index in [4.69, 9.17) is 0 Å². The maximum absolute atomic E-state index is 11.6. The van der Waals surface area contributed by atoms with Crippen molar-refractivity contribution < 1.29 is 3.89 Å². The Balaban J connectivity index is 0.000000371. The molecule has 0 saturated carbocycles. The average Bonchev–Trinajstić information content (AvgIpc) is 2.10. The Morgan fingerprint density at radius 3 is 1.90 bits per heavy atom. The maximum atomic E-state index is 11.6. The number of rotatable bonds is 1. The van der Waals surface area contributed by atoms with Gasteiger partial charge in [-0.05, 0) is 12.1 Å². The van der Waals surface area contributed by atoms with Gasteiger partial charge in [-0.2, -0.15) is 3.89 Å². The number of hydrogen-bond acceptors (Lipinski definition) is 1. The molecular weight excluding hydrogens is 147 g/mol. The molecule has 0 aliphatic carbocycles. The minimum atomic E-state index is 0.269. The third-order valence-electron chi connectivity index (χ3n) is 0.832. The van der Waals surface area contributed by atoms with Crippen molar-refractivity contribution >= 4 is 12.1 Å². The summed E-state index contributed by atoms with van der Waals surface area (Å²) >= 11 is 0.269. The van der Waals surface area contributed by atoms with E-state index >= 15 is 0 Å². The van der Waals surface area contributed by atoms with E-state index in [9.17, 15) is 3.89 Å². The van der Waals surface area contributed by atoms with Gasteiger partial charge in [0.2, 0.25) is 0 Å². The van der Waals surface area contributed by atoms with Crippen LogP contribution < -0.4 is 0 Å². The summed E-state index contributed by atoms with van der Waals surface area (Å²) in [4.78, 5) is 0.660. The Kier molecular flexibility index (Phi) is 6.29. The first-order chi connectivity index (χ1) is 4.93. The van der Waals surface area contributed by atoms with Gasteiger partial charge in [-0.1, -0.05) is 32.0 Å². The molecule has 0 unspecified atom stereocenters. The van der Waals surface area contributed by atoms with Crippen LogP contribution >= 0.6 is 12.1 Å². The molecule has 1 aromatic carbocycles. The molecule has 0 nitrogen and oxygen atoms in total. The highest BCUT2D eigenvalue weighted by atomic mass is 32.2. The highest BCUT2D eigenvalue weighted by Crippen LogP contribution is 2.16. The van der Waals surface area contributed by atoms with Crippen molar-refractivity contribution in [1.29, 1.82) is 0 Å². The van der Waals surface area contributed by atoms with Crippen LogP contribution in [0, 0.1) is 0 Å². The second kappa shape index (κ2) is 6.62. The molecule has 0 spiro atoms. The van der Waals surface area contributed by atoms with Crippen LogP contribution in [0.4, 0.5) is 3.89 Å². The maximum Gasteiger partial charge on any atom is 0.0812 e. The summed E-state index contributed by atoms with van der Waals surface area (Å²) in [5, 5.41) is 0. The summed E-state index contributed by atoms with van der Waals surface area (Å²) in [6.07, 6.45) is 0. The highest BCUT2D eigenvalue weighted by molar-refractivity contribution is 7.94. The fourth-order valence-electron chi connectivity index (χ4n) is 0.472. The van der Waals surface area contributed by atoms with Gasteiger partial charge >= 0.3 is 0 Å². The normalized spacial score (nSPS) is 7.90. The molecular formula is C8H11FS. The summed E-state index contributed by atoms with van der Waals surface area (Å²) in [5.74, 6) is 0. The van der Waals surface area contributed by atoms with Gasteiger partial charge in [0.1, 0.15) is 0 Å². The molecule has 56 valence electrons. The molecule has 0 saturated heterocycles. The standard InChI is InChI=1S/C6H5FS.C2H6/c7-8-6-4-2-1-3-5-6;1-2/h1-5H;1-2H3. The summed E-state index contributed by atoms with van der Waals surface area (Å²) in [6, 6.07) is 8.93. The lowest BCUT2D eigenvalue weighted by molar-refractivity contribution is 0.934. The second-order valence-corrected chi connectivity index (χ2v) is 2.02. The van der Waals surface area contributed by atoms with Crippen LogP contribution in [0.3, 0.4) is 0 Å². The van der Waals surface area contributed by atoms with E-state index in [0.29, 0.717) is 4.90 Å².